The highest BCUT2D eigenvalue weighted by Gasteiger charge is 2.24. The zero-order chi connectivity index (χ0) is 15.7. The molecular weight excluding hydrogens is 251 g/mol. The maximum Gasteiger partial charge on any atom is 0.115 e. The molecule has 118 valence electrons. The van der Waals surface area contributed by atoms with E-state index in [0.29, 0.717) is 5.31 Å². The van der Waals surface area contributed by atoms with Crippen LogP contribution in [-0.2, 0) is 18.2 Å². The Morgan fingerprint density at radius 2 is 1.33 bits per heavy atom. The van der Waals surface area contributed by atoms with Crippen molar-refractivity contribution in [3.63, 3.8) is 0 Å². The van der Waals surface area contributed by atoms with Crippen LogP contribution in [0.15, 0.2) is 18.2 Å². The number of rotatable bonds is 10. The summed E-state index contributed by atoms with van der Waals surface area (Å²) >= 11 is 0. The Labute approximate surface area is 134 Å². The summed E-state index contributed by atoms with van der Waals surface area (Å²) in [6, 6.07) is 7.48. The number of aryl methyl sites for hydroxylation is 2. The van der Waals surface area contributed by atoms with Crippen LogP contribution in [0, 0.1) is 0 Å². The van der Waals surface area contributed by atoms with E-state index in [0.717, 1.165) is 0 Å². The summed E-state index contributed by atoms with van der Waals surface area (Å²) in [6.45, 7) is 9.23. The Bertz CT molecular complexity index is 384. The lowest BCUT2D eigenvalue weighted by Crippen LogP contribution is -2.25. The zero-order valence-electron chi connectivity index (χ0n) is 15.1. The smallest absolute Gasteiger partial charge is 0.0654 e. The molecule has 0 aliphatic heterocycles. The molecule has 1 aromatic carbocycles. The average molecular weight is 286 g/mol. The zero-order valence-corrected chi connectivity index (χ0v) is 15.1. The molecule has 0 nitrogen and oxygen atoms in total. The number of unbranched alkanes of at least 4 members (excludes halogenated alkanes) is 2. The van der Waals surface area contributed by atoms with Crippen molar-refractivity contribution in [3.05, 3.63) is 34.9 Å². The van der Waals surface area contributed by atoms with Gasteiger partial charge in [-0.2, -0.15) is 0 Å². The second kappa shape index (κ2) is 9.33. The Kier molecular flexibility index (Phi) is 8.15. The first-order chi connectivity index (χ1) is 10.1. The van der Waals surface area contributed by atoms with E-state index in [2.05, 4.69) is 53.7 Å². The minimum absolute atomic E-state index is 0.359. The van der Waals surface area contributed by atoms with Gasteiger partial charge in [-0.15, -0.1) is 0 Å². The SMILES string of the molecule is BC(CC)(CCC)c1cc(CCCC)cc(CCCC)c1. The lowest BCUT2D eigenvalue weighted by atomic mass is 9.59. The third kappa shape index (κ3) is 5.53. The molecule has 1 atom stereocenters. The van der Waals surface area contributed by atoms with Crippen LogP contribution in [0.3, 0.4) is 0 Å². The van der Waals surface area contributed by atoms with Crippen molar-refractivity contribution in [1.29, 1.82) is 0 Å². The largest absolute Gasteiger partial charge is 0.115 e. The summed E-state index contributed by atoms with van der Waals surface area (Å²) < 4.78 is 0. The minimum atomic E-state index is 0.359. The molecule has 0 heterocycles. The van der Waals surface area contributed by atoms with E-state index in [1.165, 1.54) is 57.8 Å². The Balaban J connectivity index is 3.09. The highest BCUT2D eigenvalue weighted by atomic mass is 14.2. The van der Waals surface area contributed by atoms with Gasteiger partial charge in [0, 0.05) is 0 Å². The van der Waals surface area contributed by atoms with E-state index < -0.39 is 0 Å². The number of hydrogen-bond donors (Lipinski definition) is 0. The fraction of sp³-hybridized carbons (Fsp3) is 0.700. The van der Waals surface area contributed by atoms with Gasteiger partial charge in [0.1, 0.15) is 7.85 Å². The van der Waals surface area contributed by atoms with Crippen LogP contribution in [0.2, 0.25) is 0 Å². The molecule has 0 fully saturated rings. The lowest BCUT2D eigenvalue weighted by Gasteiger charge is -2.30. The Hall–Kier alpha value is -0.715. The van der Waals surface area contributed by atoms with Crippen molar-refractivity contribution in [2.75, 3.05) is 0 Å². The normalized spacial score (nSPS) is 14.1. The Morgan fingerprint density at radius 1 is 0.810 bits per heavy atom. The van der Waals surface area contributed by atoms with Crippen LogP contribution in [0.4, 0.5) is 0 Å². The topological polar surface area (TPSA) is 0 Å². The average Bonchev–Trinajstić information content (AvgIpc) is 2.50. The molecule has 0 radical (unpaired) electrons. The fourth-order valence-electron chi connectivity index (χ4n) is 3.24. The van der Waals surface area contributed by atoms with Crippen molar-refractivity contribution in [3.8, 4) is 0 Å². The minimum Gasteiger partial charge on any atom is -0.0654 e. The van der Waals surface area contributed by atoms with Gasteiger partial charge in [0.25, 0.3) is 0 Å². The van der Waals surface area contributed by atoms with Gasteiger partial charge in [-0.25, -0.2) is 0 Å². The molecule has 0 saturated carbocycles. The van der Waals surface area contributed by atoms with Gasteiger partial charge in [0.15, 0.2) is 0 Å². The second-order valence-corrected chi connectivity index (χ2v) is 6.91. The molecule has 0 bridgehead atoms. The molecular formula is C20H35B. The molecule has 0 aliphatic carbocycles. The summed E-state index contributed by atoms with van der Waals surface area (Å²) in [5.74, 6) is 0. The standard InChI is InChI=1S/C20H35B/c1-5-9-11-17-14-18(12-10-6-2)16-19(15-17)20(21,8-4)13-7-3/h14-16H,5-13,21H2,1-4H3. The van der Waals surface area contributed by atoms with Crippen molar-refractivity contribution in [2.45, 2.75) is 90.8 Å². The predicted molar refractivity (Wildman–Crippen MR) is 99.1 cm³/mol. The monoisotopic (exact) mass is 286 g/mol. The molecule has 1 unspecified atom stereocenters. The van der Waals surface area contributed by atoms with Gasteiger partial charge in [0.05, 0.1) is 0 Å². The third-order valence-corrected chi connectivity index (χ3v) is 4.97. The quantitative estimate of drug-likeness (QED) is 0.504. The molecule has 1 heteroatoms. The van der Waals surface area contributed by atoms with Gasteiger partial charge in [-0.1, -0.05) is 78.0 Å². The molecule has 1 aromatic rings. The molecule has 0 N–H and O–H groups in total. The summed E-state index contributed by atoms with van der Waals surface area (Å²) in [7, 11) is 2.46. The maximum absolute atomic E-state index is 2.50. The Morgan fingerprint density at radius 3 is 1.71 bits per heavy atom. The van der Waals surface area contributed by atoms with Crippen LogP contribution < -0.4 is 0 Å². The summed E-state index contributed by atoms with van der Waals surface area (Å²) in [5.41, 5.74) is 4.72. The van der Waals surface area contributed by atoms with E-state index >= 15 is 0 Å². The first-order valence-electron chi connectivity index (χ1n) is 9.22. The van der Waals surface area contributed by atoms with Crippen molar-refractivity contribution in [2.24, 2.45) is 0 Å². The summed E-state index contributed by atoms with van der Waals surface area (Å²) in [6.07, 6.45) is 11.5. The van der Waals surface area contributed by atoms with E-state index in [4.69, 9.17) is 0 Å². The fourth-order valence-corrected chi connectivity index (χ4v) is 3.24. The lowest BCUT2D eigenvalue weighted by molar-refractivity contribution is 0.526. The highest BCUT2D eigenvalue weighted by molar-refractivity contribution is 6.15. The van der Waals surface area contributed by atoms with Crippen molar-refractivity contribution < 1.29 is 0 Å². The van der Waals surface area contributed by atoms with Crippen LogP contribution in [0.1, 0.15) is 89.3 Å². The van der Waals surface area contributed by atoms with E-state index in [-0.39, 0.29) is 0 Å². The summed E-state index contributed by atoms with van der Waals surface area (Å²) in [4.78, 5) is 0. The van der Waals surface area contributed by atoms with Crippen LogP contribution in [-0.4, -0.2) is 7.85 Å². The summed E-state index contributed by atoms with van der Waals surface area (Å²) in [5, 5.41) is 0.359. The van der Waals surface area contributed by atoms with Crippen LogP contribution in [0.5, 0.6) is 0 Å². The molecule has 0 amide bonds. The van der Waals surface area contributed by atoms with Crippen LogP contribution >= 0.6 is 0 Å². The molecule has 0 spiro atoms. The molecule has 0 aliphatic rings. The number of hydrogen-bond acceptors (Lipinski definition) is 0. The first kappa shape index (κ1) is 18.3. The predicted octanol–water partition coefficient (Wildman–Crippen LogP) is 5.41. The third-order valence-electron chi connectivity index (χ3n) is 4.97. The second-order valence-electron chi connectivity index (χ2n) is 6.91. The van der Waals surface area contributed by atoms with Gasteiger partial charge >= 0.3 is 0 Å². The van der Waals surface area contributed by atoms with Gasteiger partial charge in [0.2, 0.25) is 0 Å². The molecule has 0 saturated heterocycles. The van der Waals surface area contributed by atoms with E-state index in [1.54, 1.807) is 16.7 Å². The molecule has 0 aromatic heterocycles. The first-order valence-corrected chi connectivity index (χ1v) is 9.22. The molecule has 21 heavy (non-hydrogen) atoms. The highest BCUT2D eigenvalue weighted by Crippen LogP contribution is 2.31. The van der Waals surface area contributed by atoms with Gasteiger partial charge in [-0.3, -0.25) is 0 Å². The van der Waals surface area contributed by atoms with Crippen LogP contribution in [0.25, 0.3) is 0 Å². The van der Waals surface area contributed by atoms with E-state index in [9.17, 15) is 0 Å². The van der Waals surface area contributed by atoms with E-state index in [1.807, 2.05) is 0 Å². The van der Waals surface area contributed by atoms with Gasteiger partial charge < -0.3 is 0 Å². The van der Waals surface area contributed by atoms with Crippen molar-refractivity contribution >= 4 is 7.85 Å². The van der Waals surface area contributed by atoms with Crippen molar-refractivity contribution in [1.82, 2.24) is 0 Å². The number of benzene rings is 1. The molecule has 1 rings (SSSR count). The van der Waals surface area contributed by atoms with Gasteiger partial charge in [-0.05, 0) is 47.7 Å². The maximum atomic E-state index is 2.50.